The molecule has 5 N–H and O–H groups in total. The summed E-state index contributed by atoms with van der Waals surface area (Å²) in [6.07, 6.45) is 3.05. The highest BCUT2D eigenvalue weighted by Crippen LogP contribution is 2.27. The van der Waals surface area contributed by atoms with Crippen molar-refractivity contribution >= 4 is 41.1 Å². The second-order valence-corrected chi connectivity index (χ2v) is 11.2. The average molecular weight is 581 g/mol. The van der Waals surface area contributed by atoms with Gasteiger partial charge in [0.25, 0.3) is 5.91 Å². The molecule has 1 heterocycles. The molecule has 3 amide bonds. The fourth-order valence-corrected chi connectivity index (χ4v) is 4.71. The van der Waals surface area contributed by atoms with E-state index < -0.39 is 35.7 Å². The van der Waals surface area contributed by atoms with E-state index in [9.17, 15) is 24.6 Å². The molecule has 1 aliphatic heterocycles. The summed E-state index contributed by atoms with van der Waals surface area (Å²) in [5.74, 6) is -1.95. The number of urea groups is 1. The first kappa shape index (κ1) is 32.5. The van der Waals surface area contributed by atoms with E-state index in [0.717, 1.165) is 22.3 Å². The van der Waals surface area contributed by atoms with Crippen LogP contribution >= 0.6 is 0 Å². The summed E-state index contributed by atoms with van der Waals surface area (Å²) < 4.78 is 11.1. The average Bonchev–Trinajstić information content (AvgIpc) is 2.92. The standard InChI is InChI=1S/C31H40N4O7/c1-17-12-20(16-36)13-18(2)26(17)35-30(40)33-24-14-21(22-9-11-25(41-7)32-15-22)8-10-23(24)28(37)34-27(29(38)39)19(3)42-31(4,5)6/h8-10,12-15,19,25,27,36H,11,16H2,1-7H3,(H,34,37)(H,38,39)(H2,33,35,40)/t19-,25?,27+/m1/s1. The van der Waals surface area contributed by atoms with Crippen LogP contribution in [-0.4, -0.2) is 65.4 Å². The molecule has 0 fully saturated rings. The fraction of sp³-hybridized carbons (Fsp3) is 0.419. The van der Waals surface area contributed by atoms with Gasteiger partial charge in [0.2, 0.25) is 0 Å². The van der Waals surface area contributed by atoms with Crippen molar-refractivity contribution in [3.8, 4) is 0 Å². The van der Waals surface area contributed by atoms with Crippen molar-refractivity contribution in [2.45, 2.75) is 78.5 Å². The Hall–Kier alpha value is -4.06. The number of aliphatic imine (C=N–C) groups is 1. The number of benzene rings is 2. The number of carboxylic acid groups (broad SMARTS) is 1. The minimum Gasteiger partial charge on any atom is -0.480 e. The second kappa shape index (κ2) is 13.7. The summed E-state index contributed by atoms with van der Waals surface area (Å²) in [7, 11) is 1.58. The Morgan fingerprint density at radius 1 is 1.10 bits per heavy atom. The molecule has 2 aromatic rings. The number of nitrogens with zero attached hydrogens (tertiary/aromatic N) is 1. The largest absolute Gasteiger partial charge is 0.480 e. The van der Waals surface area contributed by atoms with Gasteiger partial charge in [-0.3, -0.25) is 9.79 Å². The van der Waals surface area contributed by atoms with Crippen molar-refractivity contribution in [1.82, 2.24) is 5.32 Å². The predicted octanol–water partition coefficient (Wildman–Crippen LogP) is 4.66. The first-order chi connectivity index (χ1) is 19.7. The van der Waals surface area contributed by atoms with E-state index in [2.05, 4.69) is 20.9 Å². The van der Waals surface area contributed by atoms with Gasteiger partial charge in [-0.25, -0.2) is 9.59 Å². The van der Waals surface area contributed by atoms with Gasteiger partial charge in [-0.05, 0) is 81.5 Å². The summed E-state index contributed by atoms with van der Waals surface area (Å²) in [6.45, 7) is 10.5. The van der Waals surface area contributed by atoms with Gasteiger partial charge in [0.15, 0.2) is 12.3 Å². The van der Waals surface area contributed by atoms with Gasteiger partial charge >= 0.3 is 12.0 Å². The predicted molar refractivity (Wildman–Crippen MR) is 162 cm³/mol. The van der Waals surface area contributed by atoms with Crippen molar-refractivity contribution in [3.63, 3.8) is 0 Å². The lowest BCUT2D eigenvalue weighted by atomic mass is 10.00. The number of rotatable bonds is 10. The van der Waals surface area contributed by atoms with E-state index >= 15 is 0 Å². The molecule has 0 radical (unpaired) electrons. The highest BCUT2D eigenvalue weighted by Gasteiger charge is 2.31. The number of aliphatic hydroxyl groups excluding tert-OH is 1. The van der Waals surface area contributed by atoms with Crippen LogP contribution in [0.5, 0.6) is 0 Å². The number of ether oxygens (including phenoxy) is 2. The first-order valence-electron chi connectivity index (χ1n) is 13.6. The van der Waals surface area contributed by atoms with Crippen LogP contribution in [0.2, 0.25) is 0 Å². The first-order valence-corrected chi connectivity index (χ1v) is 13.6. The number of anilines is 2. The van der Waals surface area contributed by atoms with Gasteiger partial charge in [-0.1, -0.05) is 24.3 Å². The third-order valence-electron chi connectivity index (χ3n) is 6.61. The van der Waals surface area contributed by atoms with Crippen molar-refractivity contribution in [3.05, 3.63) is 64.2 Å². The number of allylic oxidation sites excluding steroid dienone is 1. The zero-order valence-electron chi connectivity index (χ0n) is 25.1. The third kappa shape index (κ3) is 8.48. The molecule has 0 spiro atoms. The zero-order chi connectivity index (χ0) is 31.2. The molecule has 0 saturated carbocycles. The van der Waals surface area contributed by atoms with Crippen LogP contribution in [0.25, 0.3) is 5.57 Å². The van der Waals surface area contributed by atoms with Crippen LogP contribution in [0.15, 0.2) is 41.4 Å². The van der Waals surface area contributed by atoms with Gasteiger partial charge in [0.1, 0.15) is 0 Å². The number of hydrogen-bond acceptors (Lipinski definition) is 7. The second-order valence-electron chi connectivity index (χ2n) is 11.2. The maximum atomic E-state index is 13.5. The van der Waals surface area contributed by atoms with Crippen LogP contribution < -0.4 is 16.0 Å². The number of amides is 3. The number of aliphatic carboxylic acids is 1. The van der Waals surface area contributed by atoms with Gasteiger partial charge in [0.05, 0.1) is 29.6 Å². The molecule has 0 saturated heterocycles. The number of hydrogen-bond donors (Lipinski definition) is 5. The number of carbonyl (C=O) groups excluding carboxylic acids is 2. The number of nitrogens with one attached hydrogen (secondary N) is 3. The third-order valence-corrected chi connectivity index (χ3v) is 6.61. The topological polar surface area (TPSA) is 159 Å². The van der Waals surface area contributed by atoms with Gasteiger partial charge in [-0.15, -0.1) is 0 Å². The zero-order valence-corrected chi connectivity index (χ0v) is 25.1. The molecule has 1 aliphatic rings. The summed E-state index contributed by atoms with van der Waals surface area (Å²) in [4.78, 5) is 43.1. The molecule has 0 aliphatic carbocycles. The molecule has 3 atom stereocenters. The number of carbonyl (C=O) groups is 3. The molecule has 0 bridgehead atoms. The maximum absolute atomic E-state index is 13.5. The van der Waals surface area contributed by atoms with Crippen molar-refractivity contribution in [1.29, 1.82) is 0 Å². The number of aliphatic hydroxyl groups is 1. The quantitative estimate of drug-likeness (QED) is 0.273. The van der Waals surface area contributed by atoms with E-state index in [1.165, 1.54) is 6.07 Å². The molecular formula is C31H40N4O7. The SMILES string of the molecule is COC1CC=C(c2ccc(C(=O)N[C@H](C(=O)O)[C@@H](C)OC(C)(C)C)c(NC(=O)Nc3c(C)cc(CO)cc3C)c2)C=N1. The Bertz CT molecular complexity index is 1370. The van der Waals surface area contributed by atoms with Crippen LogP contribution in [0.3, 0.4) is 0 Å². The molecule has 2 aromatic carbocycles. The molecule has 226 valence electrons. The summed E-state index contributed by atoms with van der Waals surface area (Å²) in [6, 6.07) is 6.47. The Kier molecular flexibility index (Phi) is 10.6. The minimum atomic E-state index is -1.34. The summed E-state index contributed by atoms with van der Waals surface area (Å²) in [5, 5.41) is 27.4. The molecule has 11 nitrogen and oxygen atoms in total. The number of methoxy groups -OCH3 is 1. The fourth-order valence-electron chi connectivity index (χ4n) is 4.71. The molecule has 11 heteroatoms. The Labute approximate surface area is 246 Å². The minimum absolute atomic E-state index is 0.0651. The molecule has 42 heavy (non-hydrogen) atoms. The van der Waals surface area contributed by atoms with Crippen LogP contribution in [0.4, 0.5) is 16.2 Å². The van der Waals surface area contributed by atoms with Crippen molar-refractivity contribution < 1.29 is 34.1 Å². The van der Waals surface area contributed by atoms with E-state index in [1.807, 2.05) is 19.9 Å². The Morgan fingerprint density at radius 3 is 2.29 bits per heavy atom. The normalized spacial score (nSPS) is 16.3. The molecular weight excluding hydrogens is 540 g/mol. The summed E-state index contributed by atoms with van der Waals surface area (Å²) in [5.41, 5.74) is 3.88. The number of dihydropyridines is 1. The lowest BCUT2D eigenvalue weighted by molar-refractivity contribution is -0.146. The highest BCUT2D eigenvalue weighted by atomic mass is 16.5. The lowest BCUT2D eigenvalue weighted by Gasteiger charge is -2.29. The van der Waals surface area contributed by atoms with E-state index in [-0.39, 0.29) is 24.1 Å². The maximum Gasteiger partial charge on any atom is 0.328 e. The van der Waals surface area contributed by atoms with Crippen LogP contribution in [0, 0.1) is 13.8 Å². The Morgan fingerprint density at radius 2 is 1.76 bits per heavy atom. The molecule has 3 rings (SSSR count). The summed E-state index contributed by atoms with van der Waals surface area (Å²) >= 11 is 0. The smallest absolute Gasteiger partial charge is 0.328 e. The van der Waals surface area contributed by atoms with Gasteiger partial charge in [-0.2, -0.15) is 0 Å². The highest BCUT2D eigenvalue weighted by molar-refractivity contribution is 6.13. The van der Waals surface area contributed by atoms with Crippen molar-refractivity contribution in [2.75, 3.05) is 17.7 Å². The van der Waals surface area contributed by atoms with Crippen LogP contribution in [-0.2, 0) is 20.9 Å². The van der Waals surface area contributed by atoms with E-state index in [4.69, 9.17) is 9.47 Å². The van der Waals surface area contributed by atoms with Crippen molar-refractivity contribution in [2.24, 2.45) is 4.99 Å². The number of carboxylic acids is 1. The monoisotopic (exact) mass is 580 g/mol. The molecule has 1 unspecified atom stereocenters. The number of aryl methyl sites for hydroxylation is 2. The van der Waals surface area contributed by atoms with E-state index in [0.29, 0.717) is 17.7 Å². The van der Waals surface area contributed by atoms with Gasteiger partial charge in [0, 0.05) is 25.4 Å². The molecule has 0 aromatic heterocycles. The van der Waals surface area contributed by atoms with Gasteiger partial charge < -0.3 is 35.6 Å². The van der Waals surface area contributed by atoms with Crippen LogP contribution in [0.1, 0.15) is 66.7 Å². The van der Waals surface area contributed by atoms with E-state index in [1.54, 1.807) is 65.3 Å². The Balaban J connectivity index is 1.94. The lowest BCUT2D eigenvalue weighted by Crippen LogP contribution is -2.50.